The van der Waals surface area contributed by atoms with E-state index in [0.717, 1.165) is 19.3 Å². The molecule has 4 bridgehead atoms. The first-order chi connectivity index (χ1) is 13.1. The van der Waals surface area contributed by atoms with Crippen molar-refractivity contribution < 1.29 is 23.8 Å². The van der Waals surface area contributed by atoms with Crippen LogP contribution in [-0.4, -0.2) is 31.7 Å². The molecule has 4 aliphatic carbocycles. The molecule has 1 amide bonds. The predicted octanol–water partition coefficient (Wildman–Crippen LogP) is 3.16. The molecule has 27 heavy (non-hydrogen) atoms. The summed E-state index contributed by atoms with van der Waals surface area (Å²) in [5.41, 5.74) is 0.279. The molecule has 0 aromatic heterocycles. The van der Waals surface area contributed by atoms with Crippen LogP contribution >= 0.6 is 0 Å². The Bertz CT molecular complexity index is 739. The van der Waals surface area contributed by atoms with Gasteiger partial charge in [0.15, 0.2) is 18.1 Å². The number of carbonyl (C=O) groups is 2. The number of benzene rings is 1. The van der Waals surface area contributed by atoms with Crippen molar-refractivity contribution in [1.82, 2.24) is 0 Å². The molecule has 0 spiro atoms. The third-order valence-corrected chi connectivity index (χ3v) is 6.63. The normalized spacial score (nSPS) is 32.8. The van der Waals surface area contributed by atoms with Gasteiger partial charge in [0.1, 0.15) is 13.2 Å². The third-order valence-electron chi connectivity index (χ3n) is 6.63. The fourth-order valence-corrected chi connectivity index (χ4v) is 5.96. The highest BCUT2D eigenvalue weighted by atomic mass is 16.6. The first kappa shape index (κ1) is 16.9. The molecule has 1 aromatic carbocycles. The predicted molar refractivity (Wildman–Crippen MR) is 97.6 cm³/mol. The number of esters is 1. The molecule has 6 heteroatoms. The molecule has 144 valence electrons. The van der Waals surface area contributed by atoms with Crippen molar-refractivity contribution in [3.8, 4) is 11.5 Å². The topological polar surface area (TPSA) is 73.9 Å². The minimum atomic E-state index is -0.329. The van der Waals surface area contributed by atoms with Gasteiger partial charge in [-0.1, -0.05) is 0 Å². The summed E-state index contributed by atoms with van der Waals surface area (Å²) < 4.78 is 16.5. The fraction of sp³-hybridized carbons (Fsp3) is 0.619. The van der Waals surface area contributed by atoms with Crippen molar-refractivity contribution >= 4 is 17.6 Å². The summed E-state index contributed by atoms with van der Waals surface area (Å²) >= 11 is 0. The van der Waals surface area contributed by atoms with Crippen molar-refractivity contribution in [3.63, 3.8) is 0 Å². The van der Waals surface area contributed by atoms with Gasteiger partial charge in [-0.25, -0.2) is 0 Å². The van der Waals surface area contributed by atoms with Crippen molar-refractivity contribution in [2.75, 3.05) is 25.1 Å². The Kier molecular flexibility index (Phi) is 4.02. The first-order valence-corrected chi connectivity index (χ1v) is 9.96. The Labute approximate surface area is 158 Å². The van der Waals surface area contributed by atoms with E-state index in [1.165, 1.54) is 19.3 Å². The maximum absolute atomic E-state index is 12.8. The number of carbonyl (C=O) groups excluding carboxylic acids is 2. The lowest BCUT2D eigenvalue weighted by Gasteiger charge is -2.55. The number of ether oxygens (including phenoxy) is 3. The van der Waals surface area contributed by atoms with E-state index in [0.29, 0.717) is 48.2 Å². The van der Waals surface area contributed by atoms with Gasteiger partial charge in [0.2, 0.25) is 0 Å². The minimum Gasteiger partial charge on any atom is -0.486 e. The van der Waals surface area contributed by atoms with Crippen molar-refractivity contribution in [2.45, 2.75) is 38.5 Å². The van der Waals surface area contributed by atoms with Gasteiger partial charge >= 0.3 is 5.97 Å². The lowest BCUT2D eigenvalue weighted by molar-refractivity contribution is -0.172. The Morgan fingerprint density at radius 2 is 1.63 bits per heavy atom. The number of anilines is 1. The molecule has 6 rings (SSSR count). The van der Waals surface area contributed by atoms with Crippen LogP contribution in [-0.2, 0) is 14.3 Å². The van der Waals surface area contributed by atoms with Crippen LogP contribution in [0, 0.1) is 23.2 Å². The van der Waals surface area contributed by atoms with E-state index in [2.05, 4.69) is 5.32 Å². The number of hydrogen-bond donors (Lipinski definition) is 1. The lowest BCUT2D eigenvalue weighted by Crippen LogP contribution is -2.50. The average Bonchev–Trinajstić information content (AvgIpc) is 2.65. The minimum absolute atomic E-state index is 0.168. The zero-order valence-corrected chi connectivity index (χ0v) is 15.4. The summed E-state index contributed by atoms with van der Waals surface area (Å²) in [7, 11) is 0. The average molecular weight is 371 g/mol. The van der Waals surface area contributed by atoms with Gasteiger partial charge in [-0.3, -0.25) is 9.59 Å². The smallest absolute Gasteiger partial charge is 0.312 e. The van der Waals surface area contributed by atoms with Gasteiger partial charge in [0.25, 0.3) is 5.91 Å². The Morgan fingerprint density at radius 1 is 1.00 bits per heavy atom. The van der Waals surface area contributed by atoms with E-state index in [1.807, 2.05) is 0 Å². The zero-order chi connectivity index (χ0) is 18.4. The van der Waals surface area contributed by atoms with Crippen LogP contribution in [0.4, 0.5) is 5.69 Å². The molecule has 5 aliphatic rings. The van der Waals surface area contributed by atoms with E-state index >= 15 is 0 Å². The van der Waals surface area contributed by atoms with Gasteiger partial charge in [-0.15, -0.1) is 0 Å². The van der Waals surface area contributed by atoms with Crippen molar-refractivity contribution in [2.24, 2.45) is 23.2 Å². The Balaban J connectivity index is 1.18. The van der Waals surface area contributed by atoms with Crippen LogP contribution in [0.15, 0.2) is 18.2 Å². The summed E-state index contributed by atoms with van der Waals surface area (Å²) in [5.74, 6) is 2.82. The van der Waals surface area contributed by atoms with E-state index in [4.69, 9.17) is 14.2 Å². The lowest BCUT2D eigenvalue weighted by atomic mass is 9.49. The van der Waals surface area contributed by atoms with Crippen LogP contribution in [0.2, 0.25) is 0 Å². The third kappa shape index (κ3) is 3.15. The summed E-state index contributed by atoms with van der Waals surface area (Å²) in [5, 5.41) is 2.77. The largest absolute Gasteiger partial charge is 0.486 e. The highest BCUT2D eigenvalue weighted by Crippen LogP contribution is 2.60. The summed E-state index contributed by atoms with van der Waals surface area (Å²) in [4.78, 5) is 25.1. The second-order valence-electron chi connectivity index (χ2n) is 8.68. The highest BCUT2D eigenvalue weighted by Gasteiger charge is 2.55. The van der Waals surface area contributed by atoms with Crippen LogP contribution in [0.5, 0.6) is 11.5 Å². The van der Waals surface area contributed by atoms with Crippen LogP contribution in [0.1, 0.15) is 38.5 Å². The van der Waals surface area contributed by atoms with Crippen LogP contribution in [0.25, 0.3) is 0 Å². The molecule has 0 radical (unpaired) electrons. The van der Waals surface area contributed by atoms with Crippen molar-refractivity contribution in [3.05, 3.63) is 18.2 Å². The molecule has 1 N–H and O–H groups in total. The highest BCUT2D eigenvalue weighted by molar-refractivity contribution is 5.93. The van der Waals surface area contributed by atoms with Crippen LogP contribution < -0.4 is 14.8 Å². The molecule has 0 saturated heterocycles. The molecule has 4 saturated carbocycles. The molecule has 1 aromatic rings. The van der Waals surface area contributed by atoms with Gasteiger partial charge in [-0.2, -0.15) is 0 Å². The first-order valence-electron chi connectivity index (χ1n) is 9.96. The summed E-state index contributed by atoms with van der Waals surface area (Å²) in [6.07, 6.45) is 6.66. The quantitative estimate of drug-likeness (QED) is 0.823. The number of nitrogens with one attached hydrogen (secondary N) is 1. The maximum atomic E-state index is 12.8. The molecular formula is C21H25NO5. The molecule has 1 aliphatic heterocycles. The second-order valence-corrected chi connectivity index (χ2v) is 8.68. The van der Waals surface area contributed by atoms with Crippen LogP contribution in [0.3, 0.4) is 0 Å². The van der Waals surface area contributed by atoms with E-state index < -0.39 is 0 Å². The summed E-state index contributed by atoms with van der Waals surface area (Å²) in [6.45, 7) is 0.779. The molecule has 4 fully saturated rings. The van der Waals surface area contributed by atoms with Gasteiger partial charge < -0.3 is 19.5 Å². The van der Waals surface area contributed by atoms with Gasteiger partial charge in [0.05, 0.1) is 5.41 Å². The number of amides is 1. The SMILES string of the molecule is O=C(COC(=O)C12CC3CC(CC(C3)C1)C2)Nc1ccc2c(c1)OCCO2. The van der Waals surface area contributed by atoms with Gasteiger partial charge in [-0.05, 0) is 68.4 Å². The molecule has 0 unspecified atom stereocenters. The maximum Gasteiger partial charge on any atom is 0.312 e. The number of fused-ring (bicyclic) bond motifs is 1. The van der Waals surface area contributed by atoms with Gasteiger partial charge in [0, 0.05) is 11.8 Å². The van der Waals surface area contributed by atoms with E-state index in [-0.39, 0.29) is 23.9 Å². The summed E-state index contributed by atoms with van der Waals surface area (Å²) in [6, 6.07) is 5.26. The van der Waals surface area contributed by atoms with E-state index in [9.17, 15) is 9.59 Å². The molecule has 0 atom stereocenters. The second kappa shape index (κ2) is 6.43. The Hall–Kier alpha value is -2.24. The number of rotatable bonds is 4. The molecule has 6 nitrogen and oxygen atoms in total. The Morgan fingerprint density at radius 3 is 2.30 bits per heavy atom. The zero-order valence-electron chi connectivity index (χ0n) is 15.4. The molecule has 1 heterocycles. The molecular weight excluding hydrogens is 346 g/mol. The van der Waals surface area contributed by atoms with Crippen molar-refractivity contribution in [1.29, 1.82) is 0 Å². The van der Waals surface area contributed by atoms with E-state index in [1.54, 1.807) is 18.2 Å². The number of hydrogen-bond acceptors (Lipinski definition) is 5. The fourth-order valence-electron chi connectivity index (χ4n) is 5.96. The standard InChI is InChI=1S/C21H25NO5/c23-19(22-16-1-2-17-18(8-16)26-4-3-25-17)12-27-20(24)21-9-13-5-14(10-21)7-15(6-13)11-21/h1-2,8,13-15H,3-7,9-12H2,(H,22,23). The monoisotopic (exact) mass is 371 g/mol.